The van der Waals surface area contributed by atoms with Crippen LogP contribution in [0.15, 0.2) is 45.9 Å². The quantitative estimate of drug-likeness (QED) is 0.858. The van der Waals surface area contributed by atoms with Gasteiger partial charge in [-0.15, -0.1) is 0 Å². The summed E-state index contributed by atoms with van der Waals surface area (Å²) >= 11 is 3.14. The van der Waals surface area contributed by atoms with Crippen LogP contribution in [-0.2, 0) is 9.84 Å². The number of nitrogens with zero attached hydrogens (tertiary/aromatic N) is 1. The molecule has 1 aromatic heterocycles. The molecular formula is C13H11BrN2O4S. The molecule has 0 unspecified atom stereocenters. The molecule has 21 heavy (non-hydrogen) atoms. The van der Waals surface area contributed by atoms with Crippen LogP contribution in [0.3, 0.4) is 0 Å². The maximum absolute atomic E-state index is 11.7. The molecule has 6 nitrogen and oxygen atoms in total. The Morgan fingerprint density at radius 3 is 2.67 bits per heavy atom. The molecule has 0 aliphatic rings. The van der Waals surface area contributed by atoms with Gasteiger partial charge in [0.15, 0.2) is 9.84 Å². The van der Waals surface area contributed by atoms with Gasteiger partial charge in [0.2, 0.25) is 0 Å². The van der Waals surface area contributed by atoms with E-state index in [9.17, 15) is 13.2 Å². The van der Waals surface area contributed by atoms with Gasteiger partial charge in [0.05, 0.1) is 5.56 Å². The lowest BCUT2D eigenvalue weighted by Crippen LogP contribution is -2.05. The van der Waals surface area contributed by atoms with Crippen LogP contribution in [0.1, 0.15) is 10.4 Å². The molecule has 110 valence electrons. The van der Waals surface area contributed by atoms with Crippen molar-refractivity contribution >= 4 is 43.2 Å². The summed E-state index contributed by atoms with van der Waals surface area (Å²) in [6.07, 6.45) is 2.54. The van der Waals surface area contributed by atoms with Gasteiger partial charge in [-0.1, -0.05) is 0 Å². The summed E-state index contributed by atoms with van der Waals surface area (Å²) in [5, 5.41) is 11.9. The number of halogens is 1. The van der Waals surface area contributed by atoms with E-state index in [2.05, 4.69) is 26.2 Å². The zero-order valence-electron chi connectivity index (χ0n) is 10.9. The number of rotatable bonds is 4. The summed E-state index contributed by atoms with van der Waals surface area (Å²) in [5.74, 6) is -0.937. The average molecular weight is 371 g/mol. The minimum absolute atomic E-state index is 0.0461. The molecule has 0 aliphatic carbocycles. The molecule has 1 heterocycles. The summed E-state index contributed by atoms with van der Waals surface area (Å²) < 4.78 is 23.8. The first-order chi connectivity index (χ1) is 9.79. The van der Waals surface area contributed by atoms with Crippen LogP contribution < -0.4 is 5.32 Å². The Kier molecular flexibility index (Phi) is 4.29. The van der Waals surface area contributed by atoms with E-state index < -0.39 is 15.8 Å². The maximum Gasteiger partial charge on any atom is 0.336 e. The SMILES string of the molecule is CS(=O)(=O)c1cccnc1Nc1ccc(Br)c(C(=O)O)c1. The second kappa shape index (κ2) is 5.82. The molecule has 0 atom stereocenters. The first kappa shape index (κ1) is 15.5. The van der Waals surface area contributed by atoms with Crippen molar-refractivity contribution in [1.82, 2.24) is 4.98 Å². The van der Waals surface area contributed by atoms with Crippen molar-refractivity contribution in [3.05, 3.63) is 46.6 Å². The molecule has 8 heteroatoms. The predicted molar refractivity (Wildman–Crippen MR) is 81.7 cm³/mol. The van der Waals surface area contributed by atoms with Gasteiger partial charge in [-0.3, -0.25) is 0 Å². The summed E-state index contributed by atoms with van der Waals surface area (Å²) in [6, 6.07) is 7.53. The Hall–Kier alpha value is -1.93. The van der Waals surface area contributed by atoms with Gasteiger partial charge in [-0.05, 0) is 46.3 Å². The van der Waals surface area contributed by atoms with E-state index in [4.69, 9.17) is 5.11 Å². The van der Waals surface area contributed by atoms with Crippen LogP contribution in [0.2, 0.25) is 0 Å². The first-order valence-electron chi connectivity index (χ1n) is 5.74. The number of anilines is 2. The number of benzene rings is 1. The minimum atomic E-state index is -3.44. The third kappa shape index (κ3) is 3.59. The number of sulfone groups is 1. The molecule has 0 bridgehead atoms. The van der Waals surface area contributed by atoms with Gasteiger partial charge in [-0.25, -0.2) is 18.2 Å². The normalized spacial score (nSPS) is 11.1. The van der Waals surface area contributed by atoms with E-state index in [1.165, 1.54) is 24.4 Å². The van der Waals surface area contributed by atoms with Crippen molar-refractivity contribution in [3.8, 4) is 0 Å². The van der Waals surface area contributed by atoms with Gasteiger partial charge in [0.1, 0.15) is 10.7 Å². The molecule has 2 aromatic rings. The van der Waals surface area contributed by atoms with Crippen molar-refractivity contribution in [3.63, 3.8) is 0 Å². The fraction of sp³-hybridized carbons (Fsp3) is 0.0769. The van der Waals surface area contributed by atoms with Gasteiger partial charge in [0, 0.05) is 22.6 Å². The Labute approximate surface area is 129 Å². The maximum atomic E-state index is 11.7. The number of aromatic carboxylic acids is 1. The molecule has 2 N–H and O–H groups in total. The standard InChI is InChI=1S/C13H11BrN2O4S/c1-21(19,20)11-3-2-6-15-12(11)16-8-4-5-10(14)9(7-8)13(17)18/h2-7H,1H3,(H,15,16)(H,17,18). The summed E-state index contributed by atoms with van der Waals surface area (Å²) in [4.78, 5) is 15.1. The van der Waals surface area contributed by atoms with Gasteiger partial charge in [-0.2, -0.15) is 0 Å². The van der Waals surface area contributed by atoms with Crippen LogP contribution in [-0.4, -0.2) is 30.7 Å². The number of carbonyl (C=O) groups is 1. The Morgan fingerprint density at radius 2 is 2.05 bits per heavy atom. The molecule has 0 spiro atoms. The van der Waals surface area contributed by atoms with Crippen LogP contribution in [0.4, 0.5) is 11.5 Å². The monoisotopic (exact) mass is 370 g/mol. The second-order valence-electron chi connectivity index (χ2n) is 4.25. The van der Waals surface area contributed by atoms with E-state index >= 15 is 0 Å². The number of aromatic nitrogens is 1. The lowest BCUT2D eigenvalue weighted by Gasteiger charge is -2.10. The Bertz CT molecular complexity index is 806. The molecule has 0 saturated carbocycles. The van der Waals surface area contributed by atoms with E-state index in [-0.39, 0.29) is 16.3 Å². The number of hydrogen-bond acceptors (Lipinski definition) is 5. The fourth-order valence-electron chi connectivity index (χ4n) is 1.69. The fourth-order valence-corrected chi connectivity index (χ4v) is 2.88. The Morgan fingerprint density at radius 1 is 1.33 bits per heavy atom. The van der Waals surface area contributed by atoms with E-state index in [0.29, 0.717) is 10.2 Å². The molecule has 2 rings (SSSR count). The van der Waals surface area contributed by atoms with Crippen LogP contribution in [0.5, 0.6) is 0 Å². The number of carboxylic acids is 1. The number of carboxylic acid groups (broad SMARTS) is 1. The van der Waals surface area contributed by atoms with Crippen LogP contribution >= 0.6 is 15.9 Å². The smallest absolute Gasteiger partial charge is 0.336 e. The molecule has 0 fully saturated rings. The predicted octanol–water partition coefficient (Wildman–Crippen LogP) is 2.69. The highest BCUT2D eigenvalue weighted by molar-refractivity contribution is 9.10. The van der Waals surface area contributed by atoms with Crippen molar-refractivity contribution in [2.75, 3.05) is 11.6 Å². The lowest BCUT2D eigenvalue weighted by atomic mass is 10.2. The molecule has 0 saturated heterocycles. The van der Waals surface area contributed by atoms with Crippen molar-refractivity contribution in [2.45, 2.75) is 4.90 Å². The topological polar surface area (TPSA) is 96.4 Å². The Balaban J connectivity index is 2.45. The van der Waals surface area contributed by atoms with E-state index in [1.54, 1.807) is 12.1 Å². The second-order valence-corrected chi connectivity index (χ2v) is 7.09. The lowest BCUT2D eigenvalue weighted by molar-refractivity contribution is 0.0696. The van der Waals surface area contributed by atoms with Gasteiger partial charge in [0.25, 0.3) is 0 Å². The summed E-state index contributed by atoms with van der Waals surface area (Å²) in [6.45, 7) is 0. The van der Waals surface area contributed by atoms with Crippen LogP contribution in [0.25, 0.3) is 0 Å². The third-order valence-corrected chi connectivity index (χ3v) is 4.45. The highest BCUT2D eigenvalue weighted by Gasteiger charge is 2.15. The molecule has 0 radical (unpaired) electrons. The highest BCUT2D eigenvalue weighted by Crippen LogP contribution is 2.26. The first-order valence-corrected chi connectivity index (χ1v) is 8.42. The number of nitrogens with one attached hydrogen (secondary N) is 1. The van der Waals surface area contributed by atoms with Crippen molar-refractivity contribution in [1.29, 1.82) is 0 Å². The largest absolute Gasteiger partial charge is 0.478 e. The number of hydrogen-bond donors (Lipinski definition) is 2. The third-order valence-electron chi connectivity index (χ3n) is 2.63. The molecular weight excluding hydrogens is 360 g/mol. The highest BCUT2D eigenvalue weighted by atomic mass is 79.9. The van der Waals surface area contributed by atoms with Gasteiger partial charge >= 0.3 is 5.97 Å². The van der Waals surface area contributed by atoms with Crippen LogP contribution in [0, 0.1) is 0 Å². The van der Waals surface area contributed by atoms with Crippen molar-refractivity contribution in [2.24, 2.45) is 0 Å². The zero-order valence-corrected chi connectivity index (χ0v) is 13.3. The molecule has 0 amide bonds. The zero-order chi connectivity index (χ0) is 15.6. The molecule has 0 aliphatic heterocycles. The minimum Gasteiger partial charge on any atom is -0.478 e. The summed E-state index contributed by atoms with van der Waals surface area (Å²) in [5.41, 5.74) is 0.496. The van der Waals surface area contributed by atoms with E-state index in [0.717, 1.165) is 6.26 Å². The number of pyridine rings is 1. The van der Waals surface area contributed by atoms with Gasteiger partial charge < -0.3 is 10.4 Å². The molecule has 1 aromatic carbocycles. The average Bonchev–Trinajstić information content (AvgIpc) is 2.40. The van der Waals surface area contributed by atoms with E-state index in [1.807, 2.05) is 0 Å². The summed E-state index contributed by atoms with van der Waals surface area (Å²) in [7, 11) is -3.44. The van der Waals surface area contributed by atoms with Crippen molar-refractivity contribution < 1.29 is 18.3 Å².